The molecule has 0 spiro atoms. The molecule has 1 saturated heterocycles. The second kappa shape index (κ2) is 8.05. The van der Waals surface area contributed by atoms with E-state index >= 15 is 0 Å². The van der Waals surface area contributed by atoms with E-state index in [1.54, 1.807) is 18.3 Å². The van der Waals surface area contributed by atoms with Gasteiger partial charge in [0.1, 0.15) is 11.4 Å². The largest absolute Gasteiger partial charge is 0.379 e. The number of H-pyrrole nitrogens is 1. The van der Waals surface area contributed by atoms with E-state index in [1.165, 1.54) is 6.20 Å². The molecular weight excluding hydrogens is 440 g/mol. The Kier molecular flexibility index (Phi) is 5.31. The first-order valence-corrected chi connectivity index (χ1v) is 12.7. The standard InChI is InChI=1S/C23H26N6O3S/c1-15-14-32-12-11-29(15)23(2)8-6-16-13-19(17-5-4-9-24-22(17)33(3,30)31)26-21(20(16)27-23)18-7-10-25-28-18/h4-10,13,15,27H,11-12,14H2,1-3H3,(H,25,28)/t15-,23?/m1/s1. The smallest absolute Gasteiger partial charge is 0.193 e. The Morgan fingerprint density at radius 1 is 1.27 bits per heavy atom. The molecule has 5 rings (SSSR count). The van der Waals surface area contributed by atoms with Crippen molar-refractivity contribution in [3.05, 3.63) is 48.3 Å². The molecule has 5 heterocycles. The van der Waals surface area contributed by atoms with Crippen LogP contribution in [0.2, 0.25) is 0 Å². The first kappa shape index (κ1) is 21.7. The number of aromatic nitrogens is 4. The monoisotopic (exact) mass is 466 g/mol. The molecule has 2 aliphatic rings. The number of aromatic amines is 1. The predicted molar refractivity (Wildman–Crippen MR) is 126 cm³/mol. The molecule has 1 fully saturated rings. The van der Waals surface area contributed by atoms with Crippen LogP contribution >= 0.6 is 0 Å². The van der Waals surface area contributed by atoms with E-state index in [4.69, 9.17) is 9.72 Å². The van der Waals surface area contributed by atoms with E-state index < -0.39 is 15.5 Å². The quantitative estimate of drug-likeness (QED) is 0.604. The van der Waals surface area contributed by atoms with Crippen molar-refractivity contribution >= 4 is 21.6 Å². The third-order valence-electron chi connectivity index (χ3n) is 6.13. The molecule has 3 aromatic rings. The van der Waals surface area contributed by atoms with Gasteiger partial charge in [-0.3, -0.25) is 10.00 Å². The molecular formula is C23H26N6O3S. The van der Waals surface area contributed by atoms with Crippen LogP contribution in [0.4, 0.5) is 5.69 Å². The van der Waals surface area contributed by atoms with Crippen LogP contribution < -0.4 is 5.32 Å². The molecule has 2 aliphatic heterocycles. The highest BCUT2D eigenvalue weighted by molar-refractivity contribution is 7.90. The first-order valence-electron chi connectivity index (χ1n) is 10.8. The van der Waals surface area contributed by atoms with Crippen LogP contribution in [-0.2, 0) is 14.6 Å². The van der Waals surface area contributed by atoms with Gasteiger partial charge in [0.05, 0.1) is 30.3 Å². The summed E-state index contributed by atoms with van der Waals surface area (Å²) < 4.78 is 30.4. The number of morpholine rings is 1. The van der Waals surface area contributed by atoms with Gasteiger partial charge in [0.2, 0.25) is 0 Å². The summed E-state index contributed by atoms with van der Waals surface area (Å²) in [5.74, 6) is 0. The molecule has 1 unspecified atom stereocenters. The summed E-state index contributed by atoms with van der Waals surface area (Å²) >= 11 is 0. The van der Waals surface area contributed by atoms with E-state index in [0.717, 1.165) is 29.7 Å². The minimum atomic E-state index is -3.53. The van der Waals surface area contributed by atoms with Crippen molar-refractivity contribution in [2.45, 2.75) is 30.6 Å². The van der Waals surface area contributed by atoms with Gasteiger partial charge in [0.15, 0.2) is 14.9 Å². The maximum Gasteiger partial charge on any atom is 0.193 e. The van der Waals surface area contributed by atoms with Crippen molar-refractivity contribution in [1.82, 2.24) is 25.1 Å². The maximum absolute atomic E-state index is 12.4. The number of nitrogens with zero attached hydrogens (tertiary/aromatic N) is 4. The van der Waals surface area contributed by atoms with Crippen LogP contribution in [0.3, 0.4) is 0 Å². The van der Waals surface area contributed by atoms with Crippen LogP contribution in [0.25, 0.3) is 28.7 Å². The van der Waals surface area contributed by atoms with Gasteiger partial charge in [0, 0.05) is 42.4 Å². The molecule has 0 aliphatic carbocycles. The second-order valence-electron chi connectivity index (χ2n) is 8.64. The lowest BCUT2D eigenvalue weighted by Gasteiger charge is -2.47. The van der Waals surface area contributed by atoms with Gasteiger partial charge in [-0.2, -0.15) is 5.10 Å². The summed E-state index contributed by atoms with van der Waals surface area (Å²) in [6, 6.07) is 7.44. The molecule has 0 radical (unpaired) electrons. The third kappa shape index (κ3) is 3.94. The molecule has 3 aromatic heterocycles. The number of anilines is 1. The number of nitrogens with one attached hydrogen (secondary N) is 2. The molecule has 10 heteroatoms. The summed E-state index contributed by atoms with van der Waals surface area (Å²) in [6.45, 7) is 6.46. The van der Waals surface area contributed by atoms with Gasteiger partial charge in [-0.15, -0.1) is 0 Å². The van der Waals surface area contributed by atoms with Gasteiger partial charge in [-0.25, -0.2) is 18.4 Å². The zero-order valence-electron chi connectivity index (χ0n) is 18.7. The SMILES string of the molecule is C[C@@H]1COCCN1C1(C)C=Cc2cc(-c3cccnc3S(C)(=O)=O)nc(-c3ccn[nH]3)c2N1. The van der Waals surface area contributed by atoms with Crippen LogP contribution in [0, 0.1) is 0 Å². The topological polar surface area (TPSA) is 113 Å². The van der Waals surface area contributed by atoms with E-state index in [1.807, 2.05) is 12.1 Å². The first-order chi connectivity index (χ1) is 15.8. The Labute approximate surface area is 192 Å². The van der Waals surface area contributed by atoms with Gasteiger partial charge in [-0.1, -0.05) is 6.08 Å². The fourth-order valence-electron chi connectivity index (χ4n) is 4.56. The number of hydrogen-bond acceptors (Lipinski definition) is 8. The van der Waals surface area contributed by atoms with Crippen molar-refractivity contribution in [2.75, 3.05) is 31.3 Å². The lowest BCUT2D eigenvalue weighted by molar-refractivity contribution is -0.0314. The molecule has 172 valence electrons. The minimum Gasteiger partial charge on any atom is -0.379 e. The van der Waals surface area contributed by atoms with Gasteiger partial charge < -0.3 is 10.1 Å². The fourth-order valence-corrected chi connectivity index (χ4v) is 5.39. The zero-order valence-corrected chi connectivity index (χ0v) is 19.6. The summed E-state index contributed by atoms with van der Waals surface area (Å²) in [4.78, 5) is 11.4. The average Bonchev–Trinajstić information content (AvgIpc) is 3.33. The molecule has 0 saturated carbocycles. The molecule has 0 amide bonds. The number of sulfone groups is 1. The normalized spacial score (nSPS) is 23.2. The van der Waals surface area contributed by atoms with Gasteiger partial charge >= 0.3 is 0 Å². The van der Waals surface area contributed by atoms with Crippen molar-refractivity contribution in [1.29, 1.82) is 0 Å². The third-order valence-corrected chi connectivity index (χ3v) is 7.16. The molecule has 0 bridgehead atoms. The highest BCUT2D eigenvalue weighted by Gasteiger charge is 2.38. The summed E-state index contributed by atoms with van der Waals surface area (Å²) in [5, 5.41) is 10.8. The zero-order chi connectivity index (χ0) is 23.2. The Morgan fingerprint density at radius 2 is 2.12 bits per heavy atom. The summed E-state index contributed by atoms with van der Waals surface area (Å²) in [6.07, 6.45) is 8.51. The van der Waals surface area contributed by atoms with Gasteiger partial charge in [0.25, 0.3) is 0 Å². The Bertz CT molecular complexity index is 1320. The van der Waals surface area contributed by atoms with Crippen molar-refractivity contribution in [2.24, 2.45) is 0 Å². The second-order valence-corrected chi connectivity index (χ2v) is 10.6. The average molecular weight is 467 g/mol. The predicted octanol–water partition coefficient (Wildman–Crippen LogP) is 2.81. The van der Waals surface area contributed by atoms with Crippen molar-refractivity contribution in [3.8, 4) is 22.6 Å². The molecule has 0 aromatic carbocycles. The molecule has 33 heavy (non-hydrogen) atoms. The number of ether oxygens (including phenoxy) is 1. The molecule has 2 atom stereocenters. The van der Waals surface area contributed by atoms with E-state index in [2.05, 4.69) is 51.4 Å². The lowest BCUT2D eigenvalue weighted by atomic mass is 9.96. The van der Waals surface area contributed by atoms with E-state index in [9.17, 15) is 8.42 Å². The van der Waals surface area contributed by atoms with Crippen LogP contribution in [0.1, 0.15) is 19.4 Å². The van der Waals surface area contributed by atoms with Crippen LogP contribution in [-0.4, -0.2) is 71.2 Å². The molecule has 2 N–H and O–H groups in total. The van der Waals surface area contributed by atoms with Crippen LogP contribution in [0.5, 0.6) is 0 Å². The molecule has 9 nitrogen and oxygen atoms in total. The highest BCUT2D eigenvalue weighted by Crippen LogP contribution is 2.40. The summed E-state index contributed by atoms with van der Waals surface area (Å²) in [7, 11) is -3.53. The Hall–Kier alpha value is -3.08. The minimum absolute atomic E-state index is 0.00717. The van der Waals surface area contributed by atoms with Gasteiger partial charge in [-0.05, 0) is 44.2 Å². The maximum atomic E-state index is 12.4. The Balaban J connectivity index is 1.67. The number of hydrogen-bond donors (Lipinski definition) is 2. The van der Waals surface area contributed by atoms with Crippen LogP contribution in [0.15, 0.2) is 47.8 Å². The number of rotatable bonds is 4. The lowest BCUT2D eigenvalue weighted by Crippen LogP contribution is -2.59. The highest BCUT2D eigenvalue weighted by atomic mass is 32.2. The number of fused-ring (bicyclic) bond motifs is 1. The van der Waals surface area contributed by atoms with Crippen molar-refractivity contribution in [3.63, 3.8) is 0 Å². The Morgan fingerprint density at radius 3 is 2.85 bits per heavy atom. The van der Waals surface area contributed by atoms with E-state index in [-0.39, 0.29) is 11.1 Å². The number of pyridine rings is 2. The van der Waals surface area contributed by atoms with E-state index in [0.29, 0.717) is 30.2 Å². The summed E-state index contributed by atoms with van der Waals surface area (Å²) in [5.41, 5.74) is 3.73. The fraction of sp³-hybridized carbons (Fsp3) is 0.348. The van der Waals surface area contributed by atoms with Crippen molar-refractivity contribution < 1.29 is 13.2 Å².